The lowest BCUT2D eigenvalue weighted by atomic mass is 10.2. The second-order valence-electron chi connectivity index (χ2n) is 4.37. The van der Waals surface area contributed by atoms with E-state index in [0.717, 1.165) is 11.1 Å². The standard InChI is InChI=1S/C14H12Cl2N2OS/c1-8(2)5-13(19)18-14-17-12(7-20-14)10-4-3-9(15)6-11(10)16/h3-7H,1-2H3,(H,17,18,19). The second-order valence-corrected chi connectivity index (χ2v) is 6.07. The van der Waals surface area contributed by atoms with Crippen LogP contribution in [0.5, 0.6) is 0 Å². The molecule has 0 bridgehead atoms. The van der Waals surface area contributed by atoms with Crippen LogP contribution in [0, 0.1) is 0 Å². The van der Waals surface area contributed by atoms with Gasteiger partial charge in [0.15, 0.2) is 5.13 Å². The van der Waals surface area contributed by atoms with Crippen molar-refractivity contribution in [1.29, 1.82) is 0 Å². The lowest BCUT2D eigenvalue weighted by Crippen LogP contribution is -2.07. The molecule has 6 heteroatoms. The van der Waals surface area contributed by atoms with Gasteiger partial charge in [-0.1, -0.05) is 28.8 Å². The number of allylic oxidation sites excluding steroid dienone is 1. The van der Waals surface area contributed by atoms with Gasteiger partial charge < -0.3 is 0 Å². The van der Waals surface area contributed by atoms with E-state index in [1.807, 2.05) is 19.2 Å². The number of carbonyl (C=O) groups excluding carboxylic acids is 1. The van der Waals surface area contributed by atoms with Crippen LogP contribution in [0.3, 0.4) is 0 Å². The molecule has 0 atom stereocenters. The van der Waals surface area contributed by atoms with Crippen LogP contribution < -0.4 is 5.32 Å². The number of carbonyl (C=O) groups is 1. The van der Waals surface area contributed by atoms with Gasteiger partial charge in [-0.25, -0.2) is 4.98 Å². The van der Waals surface area contributed by atoms with Crippen LogP contribution in [0.4, 0.5) is 5.13 Å². The van der Waals surface area contributed by atoms with Crippen molar-refractivity contribution in [3.8, 4) is 11.3 Å². The van der Waals surface area contributed by atoms with Gasteiger partial charge in [0.05, 0.1) is 10.7 Å². The minimum Gasteiger partial charge on any atom is -0.298 e. The largest absolute Gasteiger partial charge is 0.298 e. The van der Waals surface area contributed by atoms with Crippen molar-refractivity contribution in [3.63, 3.8) is 0 Å². The van der Waals surface area contributed by atoms with Crippen molar-refractivity contribution >= 4 is 45.6 Å². The summed E-state index contributed by atoms with van der Waals surface area (Å²) in [5.74, 6) is -0.187. The van der Waals surface area contributed by atoms with Crippen molar-refractivity contribution in [1.82, 2.24) is 4.98 Å². The first-order valence-corrected chi connectivity index (χ1v) is 7.46. The minimum absolute atomic E-state index is 0.187. The van der Waals surface area contributed by atoms with Crippen LogP contribution in [0.2, 0.25) is 10.0 Å². The van der Waals surface area contributed by atoms with E-state index in [-0.39, 0.29) is 5.91 Å². The molecule has 0 aliphatic heterocycles. The summed E-state index contributed by atoms with van der Waals surface area (Å²) in [7, 11) is 0. The molecule has 1 N–H and O–H groups in total. The van der Waals surface area contributed by atoms with E-state index in [0.29, 0.717) is 20.9 Å². The van der Waals surface area contributed by atoms with Gasteiger partial charge in [0.1, 0.15) is 0 Å². The van der Waals surface area contributed by atoms with Crippen molar-refractivity contribution in [2.45, 2.75) is 13.8 Å². The number of halogens is 2. The van der Waals surface area contributed by atoms with Crippen LogP contribution in [0.1, 0.15) is 13.8 Å². The number of nitrogens with one attached hydrogen (secondary N) is 1. The fourth-order valence-corrected chi connectivity index (χ4v) is 2.77. The Morgan fingerprint density at radius 1 is 1.35 bits per heavy atom. The third kappa shape index (κ3) is 3.82. The molecule has 2 aromatic rings. The van der Waals surface area contributed by atoms with Gasteiger partial charge in [-0.2, -0.15) is 0 Å². The van der Waals surface area contributed by atoms with Gasteiger partial charge in [-0.05, 0) is 32.0 Å². The summed E-state index contributed by atoms with van der Waals surface area (Å²) in [5.41, 5.74) is 2.43. The second kappa shape index (κ2) is 6.39. The molecule has 104 valence electrons. The molecular formula is C14H12Cl2N2OS. The third-order valence-corrected chi connectivity index (χ3v) is 3.67. The highest BCUT2D eigenvalue weighted by molar-refractivity contribution is 7.14. The smallest absolute Gasteiger partial charge is 0.250 e. The summed E-state index contributed by atoms with van der Waals surface area (Å²) in [6, 6.07) is 5.23. The Balaban J connectivity index is 2.21. The molecule has 0 unspecified atom stereocenters. The van der Waals surface area contributed by atoms with Gasteiger partial charge in [-0.15, -0.1) is 11.3 Å². The molecule has 0 aliphatic rings. The topological polar surface area (TPSA) is 42.0 Å². The molecule has 1 heterocycles. The summed E-state index contributed by atoms with van der Waals surface area (Å²) < 4.78 is 0. The van der Waals surface area contributed by atoms with E-state index in [2.05, 4.69) is 10.3 Å². The van der Waals surface area contributed by atoms with E-state index in [4.69, 9.17) is 23.2 Å². The number of rotatable bonds is 3. The first-order valence-electron chi connectivity index (χ1n) is 5.82. The monoisotopic (exact) mass is 326 g/mol. The number of amides is 1. The Kier molecular flexibility index (Phi) is 4.81. The van der Waals surface area contributed by atoms with Gasteiger partial charge in [-0.3, -0.25) is 10.1 Å². The maximum atomic E-state index is 11.6. The fourth-order valence-electron chi connectivity index (χ4n) is 1.56. The zero-order valence-electron chi connectivity index (χ0n) is 10.9. The van der Waals surface area contributed by atoms with Gasteiger partial charge >= 0.3 is 0 Å². The molecule has 2 rings (SSSR count). The minimum atomic E-state index is -0.187. The number of benzene rings is 1. The van der Waals surface area contributed by atoms with Crippen molar-refractivity contribution in [2.24, 2.45) is 0 Å². The average Bonchev–Trinajstić information content (AvgIpc) is 2.75. The van der Waals surface area contributed by atoms with Crippen molar-refractivity contribution in [3.05, 3.63) is 45.3 Å². The van der Waals surface area contributed by atoms with E-state index < -0.39 is 0 Å². The Morgan fingerprint density at radius 2 is 2.10 bits per heavy atom. The molecule has 0 radical (unpaired) electrons. The zero-order chi connectivity index (χ0) is 14.7. The van der Waals surface area contributed by atoms with Crippen LogP contribution in [-0.4, -0.2) is 10.9 Å². The summed E-state index contributed by atoms with van der Waals surface area (Å²) in [6.45, 7) is 3.72. The average molecular weight is 327 g/mol. The summed E-state index contributed by atoms with van der Waals surface area (Å²) >= 11 is 13.3. The molecule has 0 fully saturated rings. The summed E-state index contributed by atoms with van der Waals surface area (Å²) in [5, 5.41) is 6.20. The molecule has 1 amide bonds. The van der Waals surface area contributed by atoms with Gasteiger partial charge in [0, 0.05) is 22.0 Å². The predicted octanol–water partition coefficient (Wildman–Crippen LogP) is 5.02. The summed E-state index contributed by atoms with van der Waals surface area (Å²) in [6.07, 6.45) is 1.52. The van der Waals surface area contributed by atoms with Gasteiger partial charge in [0.25, 0.3) is 0 Å². The number of thiazole rings is 1. The predicted molar refractivity (Wildman–Crippen MR) is 85.6 cm³/mol. The fraction of sp³-hybridized carbons (Fsp3) is 0.143. The third-order valence-electron chi connectivity index (χ3n) is 2.36. The SMILES string of the molecule is CC(C)=CC(=O)Nc1nc(-c2ccc(Cl)cc2Cl)cs1. The Bertz CT molecular complexity index is 676. The maximum Gasteiger partial charge on any atom is 0.250 e. The molecule has 1 aromatic heterocycles. The number of hydrogen-bond acceptors (Lipinski definition) is 3. The molecule has 0 aliphatic carbocycles. The van der Waals surface area contributed by atoms with Crippen LogP contribution in [0.25, 0.3) is 11.3 Å². The quantitative estimate of drug-likeness (QED) is 0.804. The lowest BCUT2D eigenvalue weighted by molar-refractivity contribution is -0.111. The molecule has 0 spiro atoms. The van der Waals surface area contributed by atoms with Gasteiger partial charge in [0.2, 0.25) is 5.91 Å². The summed E-state index contributed by atoms with van der Waals surface area (Å²) in [4.78, 5) is 16.0. The highest BCUT2D eigenvalue weighted by atomic mass is 35.5. The van der Waals surface area contributed by atoms with Crippen LogP contribution in [-0.2, 0) is 4.79 Å². The molecule has 3 nitrogen and oxygen atoms in total. The molecule has 0 saturated carbocycles. The number of aromatic nitrogens is 1. The highest BCUT2D eigenvalue weighted by Crippen LogP contribution is 2.32. The Hall–Kier alpha value is -1.36. The molecule has 1 aromatic carbocycles. The van der Waals surface area contributed by atoms with Crippen LogP contribution >= 0.6 is 34.5 Å². The Morgan fingerprint density at radius 3 is 2.75 bits per heavy atom. The number of hydrogen-bond donors (Lipinski definition) is 1. The number of anilines is 1. The molecule has 20 heavy (non-hydrogen) atoms. The van der Waals surface area contributed by atoms with Crippen molar-refractivity contribution < 1.29 is 4.79 Å². The first kappa shape index (κ1) is 15.0. The van der Waals surface area contributed by atoms with E-state index in [1.165, 1.54) is 17.4 Å². The number of nitrogens with zero attached hydrogens (tertiary/aromatic N) is 1. The van der Waals surface area contributed by atoms with E-state index in [9.17, 15) is 4.79 Å². The van der Waals surface area contributed by atoms with Crippen LogP contribution in [0.15, 0.2) is 35.2 Å². The lowest BCUT2D eigenvalue weighted by Gasteiger charge is -2.01. The molecular weight excluding hydrogens is 315 g/mol. The normalized spacial score (nSPS) is 10.2. The highest BCUT2D eigenvalue weighted by Gasteiger charge is 2.10. The van der Waals surface area contributed by atoms with Crippen molar-refractivity contribution in [2.75, 3.05) is 5.32 Å². The molecule has 0 saturated heterocycles. The van der Waals surface area contributed by atoms with E-state index >= 15 is 0 Å². The first-order chi connectivity index (χ1) is 9.45. The Labute approximate surface area is 131 Å². The van der Waals surface area contributed by atoms with E-state index in [1.54, 1.807) is 18.2 Å². The maximum absolute atomic E-state index is 11.6. The zero-order valence-corrected chi connectivity index (χ0v) is 13.2.